The minimum Gasteiger partial charge on any atom is -0.486 e. The Hall–Kier alpha value is -2.81. The van der Waals surface area contributed by atoms with Gasteiger partial charge in [-0.2, -0.15) is 0 Å². The summed E-state index contributed by atoms with van der Waals surface area (Å²) in [6.07, 6.45) is 3.72. The molecule has 0 aliphatic carbocycles. The summed E-state index contributed by atoms with van der Waals surface area (Å²) in [5, 5.41) is 0. The second kappa shape index (κ2) is 9.62. The van der Waals surface area contributed by atoms with E-state index in [9.17, 15) is 0 Å². The van der Waals surface area contributed by atoms with Crippen LogP contribution >= 0.6 is 0 Å². The van der Waals surface area contributed by atoms with Gasteiger partial charge in [0, 0.05) is 0 Å². The molecule has 0 radical (unpaired) electrons. The first kappa shape index (κ1) is 19.5. The molecule has 0 bridgehead atoms. The molecule has 26 heavy (non-hydrogen) atoms. The quantitative estimate of drug-likeness (QED) is 0.262. The maximum atomic E-state index is 6.03. The molecule has 0 spiro atoms. The monoisotopic (exact) mass is 349 g/mol. The molecule has 2 aromatic rings. The molecule has 3 nitrogen and oxygen atoms in total. The molecular formula is C23H27NO2. The van der Waals surface area contributed by atoms with Crippen LogP contribution in [0.15, 0.2) is 83.1 Å². The van der Waals surface area contributed by atoms with E-state index in [0.29, 0.717) is 5.90 Å². The SMILES string of the molecule is C/C=C(C)\C=C(/C)OC(C)C(=Nc1ccc(C)cc1)Oc1ccccc1. The first-order chi connectivity index (χ1) is 12.5. The fraction of sp³-hybridized carbons (Fsp3) is 0.261. The zero-order chi connectivity index (χ0) is 18.9. The Balaban J connectivity index is 2.27. The van der Waals surface area contributed by atoms with E-state index >= 15 is 0 Å². The van der Waals surface area contributed by atoms with E-state index in [2.05, 4.69) is 11.9 Å². The Bertz CT molecular complexity index is 787. The summed E-state index contributed by atoms with van der Waals surface area (Å²) in [5.74, 6) is 2.08. The molecule has 0 heterocycles. The standard InChI is InChI=1S/C23H27NO2/c1-6-17(2)16-19(4)25-20(5)23(26-22-10-8-7-9-11-22)24-21-14-12-18(3)13-15-21/h6-16,20H,1-5H3/b17-6-,19-16+,24-23?. The molecule has 3 heteroatoms. The van der Waals surface area contributed by atoms with E-state index in [1.807, 2.05) is 94.4 Å². The summed E-state index contributed by atoms with van der Waals surface area (Å²) in [4.78, 5) is 4.67. The third-order valence-corrected chi connectivity index (χ3v) is 3.84. The van der Waals surface area contributed by atoms with Crippen LogP contribution < -0.4 is 4.74 Å². The van der Waals surface area contributed by atoms with Crippen molar-refractivity contribution in [2.24, 2.45) is 4.99 Å². The lowest BCUT2D eigenvalue weighted by Gasteiger charge is -2.18. The maximum absolute atomic E-state index is 6.03. The van der Waals surface area contributed by atoms with E-state index in [0.717, 1.165) is 22.8 Å². The smallest absolute Gasteiger partial charge is 0.236 e. The van der Waals surface area contributed by atoms with Gasteiger partial charge in [-0.05, 0) is 65.0 Å². The highest BCUT2D eigenvalue weighted by atomic mass is 16.5. The van der Waals surface area contributed by atoms with E-state index in [4.69, 9.17) is 9.47 Å². The van der Waals surface area contributed by atoms with Crippen LogP contribution in [0.5, 0.6) is 5.75 Å². The number of hydrogen-bond donors (Lipinski definition) is 0. The van der Waals surface area contributed by atoms with Gasteiger partial charge in [0.1, 0.15) is 5.75 Å². The molecule has 0 fully saturated rings. The number of ether oxygens (including phenoxy) is 2. The fourth-order valence-electron chi connectivity index (χ4n) is 2.32. The molecular weight excluding hydrogens is 322 g/mol. The third kappa shape index (κ3) is 6.25. The van der Waals surface area contributed by atoms with Crippen molar-refractivity contribution in [1.29, 1.82) is 0 Å². The zero-order valence-electron chi connectivity index (χ0n) is 16.2. The molecule has 136 valence electrons. The van der Waals surface area contributed by atoms with Gasteiger partial charge in [0.2, 0.25) is 5.90 Å². The number of allylic oxidation sites excluding steroid dienone is 4. The summed E-state index contributed by atoms with van der Waals surface area (Å²) in [6.45, 7) is 9.98. The van der Waals surface area contributed by atoms with Crippen molar-refractivity contribution in [1.82, 2.24) is 0 Å². The molecule has 0 saturated heterocycles. The topological polar surface area (TPSA) is 30.8 Å². The van der Waals surface area contributed by atoms with Gasteiger partial charge in [-0.1, -0.05) is 47.5 Å². The van der Waals surface area contributed by atoms with E-state index in [-0.39, 0.29) is 6.10 Å². The Morgan fingerprint density at radius 3 is 2.27 bits per heavy atom. The van der Waals surface area contributed by atoms with Gasteiger partial charge in [-0.15, -0.1) is 0 Å². The minimum atomic E-state index is -0.322. The van der Waals surface area contributed by atoms with E-state index < -0.39 is 0 Å². The van der Waals surface area contributed by atoms with Crippen LogP contribution in [0.4, 0.5) is 5.69 Å². The highest BCUT2D eigenvalue weighted by Crippen LogP contribution is 2.18. The summed E-state index contributed by atoms with van der Waals surface area (Å²) in [5.41, 5.74) is 3.18. The third-order valence-electron chi connectivity index (χ3n) is 3.84. The van der Waals surface area contributed by atoms with E-state index in [1.165, 1.54) is 5.56 Å². The van der Waals surface area contributed by atoms with Gasteiger partial charge in [-0.25, -0.2) is 4.99 Å². The Morgan fingerprint density at radius 1 is 1.00 bits per heavy atom. The van der Waals surface area contributed by atoms with Crippen molar-refractivity contribution in [2.75, 3.05) is 0 Å². The van der Waals surface area contributed by atoms with Crippen molar-refractivity contribution in [3.05, 3.63) is 83.6 Å². The molecule has 0 amide bonds. The number of benzene rings is 2. The molecule has 0 aliphatic rings. The zero-order valence-corrected chi connectivity index (χ0v) is 16.2. The molecule has 2 aromatic carbocycles. The molecule has 1 unspecified atom stereocenters. The first-order valence-corrected chi connectivity index (χ1v) is 8.84. The number of aliphatic imine (C=N–C) groups is 1. The van der Waals surface area contributed by atoms with Crippen LogP contribution in [-0.4, -0.2) is 12.0 Å². The van der Waals surface area contributed by atoms with E-state index in [1.54, 1.807) is 0 Å². The molecule has 0 N–H and O–H groups in total. The fourth-order valence-corrected chi connectivity index (χ4v) is 2.32. The molecule has 0 aromatic heterocycles. The molecule has 2 rings (SSSR count). The summed E-state index contributed by atoms with van der Waals surface area (Å²) in [7, 11) is 0. The van der Waals surface area contributed by atoms with Crippen LogP contribution in [0, 0.1) is 6.92 Å². The number of hydrogen-bond acceptors (Lipinski definition) is 3. The van der Waals surface area contributed by atoms with Crippen LogP contribution in [0.2, 0.25) is 0 Å². The molecule has 1 atom stereocenters. The summed E-state index contributed by atoms with van der Waals surface area (Å²) < 4.78 is 12.0. The Morgan fingerprint density at radius 2 is 1.65 bits per heavy atom. The first-order valence-electron chi connectivity index (χ1n) is 8.84. The van der Waals surface area contributed by atoms with Crippen LogP contribution in [0.25, 0.3) is 0 Å². The van der Waals surface area contributed by atoms with Crippen LogP contribution in [0.3, 0.4) is 0 Å². The van der Waals surface area contributed by atoms with Crippen LogP contribution in [-0.2, 0) is 4.74 Å². The predicted octanol–water partition coefficient (Wildman–Crippen LogP) is 6.38. The van der Waals surface area contributed by atoms with Gasteiger partial charge in [0.25, 0.3) is 0 Å². The second-order valence-corrected chi connectivity index (χ2v) is 6.25. The number of nitrogens with zero attached hydrogens (tertiary/aromatic N) is 1. The minimum absolute atomic E-state index is 0.322. The van der Waals surface area contributed by atoms with Gasteiger partial charge < -0.3 is 9.47 Å². The Kier molecular flexibility index (Phi) is 7.22. The van der Waals surface area contributed by atoms with Crippen molar-refractivity contribution < 1.29 is 9.47 Å². The highest BCUT2D eigenvalue weighted by Gasteiger charge is 2.16. The van der Waals surface area contributed by atoms with Crippen molar-refractivity contribution in [3.63, 3.8) is 0 Å². The van der Waals surface area contributed by atoms with Gasteiger partial charge in [0.05, 0.1) is 11.4 Å². The average molecular weight is 349 g/mol. The lowest BCUT2D eigenvalue weighted by molar-refractivity contribution is 0.171. The lowest BCUT2D eigenvalue weighted by atomic mass is 10.2. The van der Waals surface area contributed by atoms with Crippen molar-refractivity contribution >= 4 is 11.6 Å². The molecule has 0 saturated carbocycles. The average Bonchev–Trinajstić information content (AvgIpc) is 2.63. The maximum Gasteiger partial charge on any atom is 0.236 e. The normalized spacial score (nSPS) is 14.1. The number of aryl methyl sites for hydroxylation is 1. The van der Waals surface area contributed by atoms with Crippen molar-refractivity contribution in [3.8, 4) is 5.75 Å². The predicted molar refractivity (Wildman–Crippen MR) is 109 cm³/mol. The number of para-hydroxylation sites is 1. The summed E-state index contributed by atoms with van der Waals surface area (Å²) >= 11 is 0. The summed E-state index contributed by atoms with van der Waals surface area (Å²) in [6, 6.07) is 17.7. The van der Waals surface area contributed by atoms with Gasteiger partial charge >= 0.3 is 0 Å². The number of rotatable bonds is 6. The lowest BCUT2D eigenvalue weighted by Crippen LogP contribution is -2.25. The Labute approximate surface area is 156 Å². The van der Waals surface area contributed by atoms with Gasteiger partial charge in [-0.3, -0.25) is 0 Å². The van der Waals surface area contributed by atoms with Gasteiger partial charge in [0.15, 0.2) is 6.10 Å². The largest absolute Gasteiger partial charge is 0.486 e. The highest BCUT2D eigenvalue weighted by molar-refractivity contribution is 5.85. The molecule has 0 aliphatic heterocycles. The second-order valence-electron chi connectivity index (χ2n) is 6.25. The van der Waals surface area contributed by atoms with Crippen LogP contribution in [0.1, 0.15) is 33.3 Å². The van der Waals surface area contributed by atoms with Crippen molar-refractivity contribution in [2.45, 2.75) is 40.7 Å².